The van der Waals surface area contributed by atoms with Crippen molar-refractivity contribution in [2.75, 3.05) is 39.8 Å². The topological polar surface area (TPSA) is 26.7 Å². The lowest BCUT2D eigenvalue weighted by atomic mass is 9.86. The van der Waals surface area contributed by atoms with Crippen LogP contribution >= 0.6 is 0 Å². The van der Waals surface area contributed by atoms with E-state index in [4.69, 9.17) is 0 Å². The number of aliphatic hydroxyl groups is 1. The lowest BCUT2D eigenvalue weighted by Gasteiger charge is -2.38. The van der Waals surface area contributed by atoms with Crippen LogP contribution in [0.1, 0.15) is 20.3 Å². The highest BCUT2D eigenvalue weighted by molar-refractivity contribution is 4.99. The second-order valence-electron chi connectivity index (χ2n) is 5.05. The molecule has 3 nitrogen and oxygen atoms in total. The second-order valence-corrected chi connectivity index (χ2v) is 5.05. The Labute approximate surface area is 99.7 Å². The Balaban J connectivity index is 2.44. The first-order valence-electron chi connectivity index (χ1n) is 6.28. The highest BCUT2D eigenvalue weighted by Gasteiger charge is 2.30. The molecule has 3 heteroatoms. The van der Waals surface area contributed by atoms with E-state index in [1.54, 1.807) is 6.08 Å². The molecular formula is C13H26N2O. The van der Waals surface area contributed by atoms with Crippen molar-refractivity contribution in [2.24, 2.45) is 5.92 Å². The number of nitrogens with zero attached hydrogens (tertiary/aromatic N) is 2. The van der Waals surface area contributed by atoms with Crippen LogP contribution in [0.4, 0.5) is 0 Å². The maximum Gasteiger partial charge on any atom is 0.0860 e. The van der Waals surface area contributed by atoms with Gasteiger partial charge in [-0.25, -0.2) is 0 Å². The summed E-state index contributed by atoms with van der Waals surface area (Å²) in [6, 6.07) is 0. The fourth-order valence-corrected chi connectivity index (χ4v) is 2.27. The molecule has 1 fully saturated rings. The van der Waals surface area contributed by atoms with Gasteiger partial charge < -0.3 is 14.9 Å². The predicted molar refractivity (Wildman–Crippen MR) is 68.5 cm³/mol. The lowest BCUT2D eigenvalue weighted by molar-refractivity contribution is 0.00882. The molecule has 0 aromatic heterocycles. The van der Waals surface area contributed by atoms with Crippen LogP contribution in [0.3, 0.4) is 0 Å². The molecule has 0 bridgehead atoms. The highest BCUT2D eigenvalue weighted by atomic mass is 16.3. The molecule has 16 heavy (non-hydrogen) atoms. The standard InChI is InChI=1S/C13H26N2O/c1-5-13(16,6-2)12(3)11-15-9-7-14(4)8-10-15/h5,12,16H,1,6-11H2,2-4H3. The van der Waals surface area contributed by atoms with Crippen LogP contribution in [-0.4, -0.2) is 60.3 Å². The summed E-state index contributed by atoms with van der Waals surface area (Å²) in [6.45, 7) is 13.3. The molecule has 1 heterocycles. The summed E-state index contributed by atoms with van der Waals surface area (Å²) < 4.78 is 0. The number of piperazine rings is 1. The summed E-state index contributed by atoms with van der Waals surface area (Å²) in [5.74, 6) is 0.249. The minimum atomic E-state index is -0.705. The molecule has 1 rings (SSSR count). The van der Waals surface area contributed by atoms with E-state index in [-0.39, 0.29) is 5.92 Å². The smallest absolute Gasteiger partial charge is 0.0860 e. The largest absolute Gasteiger partial charge is 0.385 e. The van der Waals surface area contributed by atoms with Crippen molar-refractivity contribution in [1.29, 1.82) is 0 Å². The predicted octanol–water partition coefficient (Wildman–Crippen LogP) is 1.20. The minimum absolute atomic E-state index is 0.249. The molecule has 1 aliphatic rings. The number of hydrogen-bond donors (Lipinski definition) is 1. The van der Waals surface area contributed by atoms with E-state index in [1.165, 1.54) is 0 Å². The van der Waals surface area contributed by atoms with Gasteiger partial charge >= 0.3 is 0 Å². The fourth-order valence-electron chi connectivity index (χ4n) is 2.27. The van der Waals surface area contributed by atoms with Crippen molar-refractivity contribution < 1.29 is 5.11 Å². The Morgan fingerprint density at radius 2 is 1.94 bits per heavy atom. The van der Waals surface area contributed by atoms with Gasteiger partial charge in [-0.05, 0) is 13.5 Å². The van der Waals surface area contributed by atoms with E-state index in [1.807, 2.05) is 6.92 Å². The molecule has 0 radical (unpaired) electrons. The van der Waals surface area contributed by atoms with Crippen molar-refractivity contribution >= 4 is 0 Å². The van der Waals surface area contributed by atoms with Crippen LogP contribution in [0.15, 0.2) is 12.7 Å². The van der Waals surface area contributed by atoms with Crippen LogP contribution in [-0.2, 0) is 0 Å². The van der Waals surface area contributed by atoms with Crippen LogP contribution in [0, 0.1) is 5.92 Å². The van der Waals surface area contributed by atoms with Gasteiger partial charge in [0, 0.05) is 38.6 Å². The molecule has 0 amide bonds. The number of hydrogen-bond acceptors (Lipinski definition) is 3. The van der Waals surface area contributed by atoms with Gasteiger partial charge in [-0.15, -0.1) is 6.58 Å². The first-order valence-corrected chi connectivity index (χ1v) is 6.28. The van der Waals surface area contributed by atoms with E-state index < -0.39 is 5.60 Å². The molecule has 0 aliphatic carbocycles. The highest BCUT2D eigenvalue weighted by Crippen LogP contribution is 2.23. The normalized spacial score (nSPS) is 25.0. The van der Waals surface area contributed by atoms with Crippen molar-refractivity contribution in [3.05, 3.63) is 12.7 Å². The van der Waals surface area contributed by atoms with Gasteiger partial charge in [-0.1, -0.05) is 19.9 Å². The first-order chi connectivity index (χ1) is 7.51. The Hall–Kier alpha value is -0.380. The number of likely N-dealkylation sites (N-methyl/N-ethyl adjacent to an activating group) is 1. The Kier molecular flexibility index (Phi) is 4.96. The minimum Gasteiger partial charge on any atom is -0.385 e. The zero-order valence-corrected chi connectivity index (χ0v) is 10.9. The molecule has 2 atom stereocenters. The SMILES string of the molecule is C=CC(O)(CC)C(C)CN1CCN(C)CC1. The molecule has 0 saturated carbocycles. The van der Waals surface area contributed by atoms with Crippen molar-refractivity contribution in [2.45, 2.75) is 25.9 Å². The third-order valence-electron chi connectivity index (χ3n) is 3.90. The van der Waals surface area contributed by atoms with Gasteiger partial charge in [0.15, 0.2) is 0 Å². The van der Waals surface area contributed by atoms with Gasteiger partial charge in [-0.2, -0.15) is 0 Å². The molecule has 0 aromatic rings. The molecular weight excluding hydrogens is 200 g/mol. The van der Waals surface area contributed by atoms with Crippen molar-refractivity contribution in [3.8, 4) is 0 Å². The lowest BCUT2D eigenvalue weighted by Crippen LogP contribution is -2.49. The van der Waals surface area contributed by atoms with E-state index in [2.05, 4.69) is 30.4 Å². The van der Waals surface area contributed by atoms with Gasteiger partial charge in [0.25, 0.3) is 0 Å². The summed E-state index contributed by atoms with van der Waals surface area (Å²) in [4.78, 5) is 4.79. The first kappa shape index (κ1) is 13.7. The molecule has 1 N–H and O–H groups in total. The number of rotatable bonds is 5. The molecule has 1 aliphatic heterocycles. The quantitative estimate of drug-likeness (QED) is 0.714. The van der Waals surface area contributed by atoms with E-state index >= 15 is 0 Å². The Morgan fingerprint density at radius 3 is 2.38 bits per heavy atom. The molecule has 2 unspecified atom stereocenters. The average molecular weight is 226 g/mol. The maximum atomic E-state index is 10.3. The van der Waals surface area contributed by atoms with Gasteiger partial charge in [-0.3, -0.25) is 0 Å². The van der Waals surface area contributed by atoms with E-state index in [0.29, 0.717) is 0 Å². The second kappa shape index (κ2) is 5.80. The molecule has 0 spiro atoms. The van der Waals surface area contributed by atoms with Crippen LogP contribution < -0.4 is 0 Å². The molecule has 94 valence electrons. The summed E-state index contributed by atoms with van der Waals surface area (Å²) in [5.41, 5.74) is -0.705. The van der Waals surface area contributed by atoms with Gasteiger partial charge in [0.2, 0.25) is 0 Å². The summed E-state index contributed by atoms with van der Waals surface area (Å²) in [7, 11) is 2.16. The van der Waals surface area contributed by atoms with Crippen molar-refractivity contribution in [1.82, 2.24) is 9.80 Å². The van der Waals surface area contributed by atoms with Crippen LogP contribution in [0.2, 0.25) is 0 Å². The van der Waals surface area contributed by atoms with Gasteiger partial charge in [0.05, 0.1) is 5.60 Å². The summed E-state index contributed by atoms with van der Waals surface area (Å²) in [5, 5.41) is 10.3. The molecule has 0 aromatic carbocycles. The maximum absolute atomic E-state index is 10.3. The average Bonchev–Trinajstić information content (AvgIpc) is 2.31. The fraction of sp³-hybridized carbons (Fsp3) is 0.846. The zero-order chi connectivity index (χ0) is 12.2. The van der Waals surface area contributed by atoms with E-state index in [9.17, 15) is 5.11 Å². The summed E-state index contributed by atoms with van der Waals surface area (Å²) >= 11 is 0. The monoisotopic (exact) mass is 226 g/mol. The summed E-state index contributed by atoms with van der Waals surface area (Å²) in [6.07, 6.45) is 2.44. The van der Waals surface area contributed by atoms with E-state index in [0.717, 1.165) is 39.1 Å². The zero-order valence-electron chi connectivity index (χ0n) is 10.9. The Morgan fingerprint density at radius 1 is 1.38 bits per heavy atom. The van der Waals surface area contributed by atoms with Gasteiger partial charge in [0.1, 0.15) is 0 Å². The Bertz CT molecular complexity index is 224. The molecule has 1 saturated heterocycles. The third-order valence-corrected chi connectivity index (χ3v) is 3.90. The van der Waals surface area contributed by atoms with Crippen molar-refractivity contribution in [3.63, 3.8) is 0 Å². The van der Waals surface area contributed by atoms with Crippen LogP contribution in [0.5, 0.6) is 0 Å². The third kappa shape index (κ3) is 3.30. The van der Waals surface area contributed by atoms with Crippen LogP contribution in [0.25, 0.3) is 0 Å².